The fourth-order valence-electron chi connectivity index (χ4n) is 4.15. The lowest BCUT2D eigenvalue weighted by Gasteiger charge is -2.30. The molecule has 7 nitrogen and oxygen atoms in total. The molecule has 1 atom stereocenters. The van der Waals surface area contributed by atoms with E-state index in [2.05, 4.69) is 26.1 Å². The van der Waals surface area contributed by atoms with Crippen LogP contribution >= 0.6 is 0 Å². The molecule has 0 aromatic heterocycles. The van der Waals surface area contributed by atoms with Crippen LogP contribution < -0.4 is 15.0 Å². The summed E-state index contributed by atoms with van der Waals surface area (Å²) in [5, 5.41) is 2.92. The minimum Gasteiger partial charge on any atom is -0.484 e. The zero-order chi connectivity index (χ0) is 25.4. The molecule has 0 saturated carbocycles. The van der Waals surface area contributed by atoms with Gasteiger partial charge in [0, 0.05) is 51.6 Å². The Morgan fingerprint density at radius 3 is 2.49 bits per heavy atom. The van der Waals surface area contributed by atoms with Gasteiger partial charge in [0.15, 0.2) is 6.61 Å². The van der Waals surface area contributed by atoms with Crippen LogP contribution in [0.2, 0.25) is 0 Å². The molecule has 7 heteroatoms. The van der Waals surface area contributed by atoms with E-state index < -0.39 is 0 Å². The molecule has 0 bridgehead atoms. The van der Waals surface area contributed by atoms with E-state index in [9.17, 15) is 9.59 Å². The Hall–Kier alpha value is -3.06. The van der Waals surface area contributed by atoms with Gasteiger partial charge in [-0.25, -0.2) is 0 Å². The van der Waals surface area contributed by atoms with Crippen molar-refractivity contribution in [3.05, 3.63) is 54.1 Å². The molecule has 190 valence electrons. The number of hydrogen-bond acceptors (Lipinski definition) is 5. The average Bonchev–Trinajstić information content (AvgIpc) is 3.30. The molecule has 0 aliphatic carbocycles. The van der Waals surface area contributed by atoms with Gasteiger partial charge in [0.1, 0.15) is 5.75 Å². The molecule has 35 heavy (non-hydrogen) atoms. The fourth-order valence-corrected chi connectivity index (χ4v) is 4.15. The molecule has 2 aromatic carbocycles. The number of amides is 2. The van der Waals surface area contributed by atoms with Gasteiger partial charge in [0.2, 0.25) is 5.91 Å². The molecule has 1 fully saturated rings. The first-order chi connectivity index (χ1) is 16.6. The quantitative estimate of drug-likeness (QED) is 0.532. The number of ether oxygens (including phenoxy) is 2. The first-order valence-electron chi connectivity index (χ1n) is 12.3. The maximum absolute atomic E-state index is 13.3. The summed E-state index contributed by atoms with van der Waals surface area (Å²) in [4.78, 5) is 29.7. The number of rotatable bonds is 10. The molecule has 0 spiro atoms. The lowest BCUT2D eigenvalue weighted by atomic mass is 9.91. The summed E-state index contributed by atoms with van der Waals surface area (Å²) in [5.74, 6) is 0.522. The second-order valence-corrected chi connectivity index (χ2v) is 10.5. The van der Waals surface area contributed by atoms with Gasteiger partial charge in [-0.3, -0.25) is 9.59 Å². The van der Waals surface area contributed by atoms with Crippen LogP contribution in [0.3, 0.4) is 0 Å². The summed E-state index contributed by atoms with van der Waals surface area (Å²) in [6.45, 7) is 7.93. The largest absolute Gasteiger partial charge is 0.484 e. The topological polar surface area (TPSA) is 71.1 Å². The molecule has 1 saturated heterocycles. The predicted molar refractivity (Wildman–Crippen MR) is 140 cm³/mol. The molecule has 1 aliphatic rings. The van der Waals surface area contributed by atoms with Crippen LogP contribution in [-0.4, -0.2) is 56.7 Å². The molecule has 1 heterocycles. The van der Waals surface area contributed by atoms with Crippen LogP contribution in [0.5, 0.6) is 5.75 Å². The first kappa shape index (κ1) is 26.5. The zero-order valence-electron chi connectivity index (χ0n) is 21.7. The van der Waals surface area contributed by atoms with Crippen molar-refractivity contribution >= 4 is 23.2 Å². The smallest absolute Gasteiger partial charge is 0.262 e. The maximum Gasteiger partial charge on any atom is 0.262 e. The van der Waals surface area contributed by atoms with E-state index >= 15 is 0 Å². The SMILES string of the molecule is CN(C)c1ccc(NC(=O)COc2ccccc2)cc1CN(C[C@@H]1CCCO1)C(=O)CC(C)(C)C. The molecule has 0 unspecified atom stereocenters. The Balaban J connectivity index is 1.75. The van der Waals surface area contributed by atoms with Crippen LogP contribution in [0.1, 0.15) is 45.6 Å². The van der Waals surface area contributed by atoms with Gasteiger partial charge >= 0.3 is 0 Å². The summed E-state index contributed by atoms with van der Waals surface area (Å²) in [5.41, 5.74) is 2.54. The third kappa shape index (κ3) is 8.58. The molecule has 2 amide bonds. The lowest BCUT2D eigenvalue weighted by Crippen LogP contribution is -2.38. The van der Waals surface area contributed by atoms with Crippen LogP contribution in [-0.2, 0) is 20.9 Å². The molecule has 3 rings (SSSR count). The highest BCUT2D eigenvalue weighted by molar-refractivity contribution is 5.92. The third-order valence-electron chi connectivity index (χ3n) is 5.80. The van der Waals surface area contributed by atoms with Crippen LogP contribution in [0.4, 0.5) is 11.4 Å². The number of benzene rings is 2. The van der Waals surface area contributed by atoms with Crippen molar-refractivity contribution in [2.75, 3.05) is 44.1 Å². The van der Waals surface area contributed by atoms with E-state index in [1.54, 1.807) is 0 Å². The van der Waals surface area contributed by atoms with Gasteiger partial charge in [0.25, 0.3) is 5.91 Å². The number of carbonyl (C=O) groups excluding carboxylic acids is 2. The molecule has 2 aromatic rings. The van der Waals surface area contributed by atoms with Crippen molar-refractivity contribution in [3.63, 3.8) is 0 Å². The summed E-state index contributed by atoms with van der Waals surface area (Å²) in [6, 6.07) is 15.1. The molecular formula is C28H39N3O4. The summed E-state index contributed by atoms with van der Waals surface area (Å²) >= 11 is 0. The molecule has 1 aliphatic heterocycles. The van der Waals surface area contributed by atoms with Crippen molar-refractivity contribution < 1.29 is 19.1 Å². The Morgan fingerprint density at radius 1 is 1.11 bits per heavy atom. The van der Waals surface area contributed by atoms with Gasteiger partial charge in [-0.1, -0.05) is 39.0 Å². The van der Waals surface area contributed by atoms with Crippen LogP contribution in [0, 0.1) is 5.41 Å². The van der Waals surface area contributed by atoms with Crippen molar-refractivity contribution in [1.82, 2.24) is 4.90 Å². The second-order valence-electron chi connectivity index (χ2n) is 10.5. The first-order valence-corrected chi connectivity index (χ1v) is 12.3. The van der Waals surface area contributed by atoms with E-state index in [1.807, 2.05) is 72.4 Å². The van der Waals surface area contributed by atoms with Crippen molar-refractivity contribution in [3.8, 4) is 5.75 Å². The average molecular weight is 482 g/mol. The monoisotopic (exact) mass is 481 g/mol. The number of para-hydroxylation sites is 1. The van der Waals surface area contributed by atoms with Gasteiger partial charge in [0.05, 0.1) is 6.10 Å². The molecule has 1 N–H and O–H groups in total. The highest BCUT2D eigenvalue weighted by atomic mass is 16.5. The minimum absolute atomic E-state index is 0.0692. The lowest BCUT2D eigenvalue weighted by molar-refractivity contribution is -0.135. The van der Waals surface area contributed by atoms with Gasteiger partial charge < -0.3 is 24.6 Å². The Labute approximate surface area is 209 Å². The number of nitrogens with one attached hydrogen (secondary N) is 1. The summed E-state index contributed by atoms with van der Waals surface area (Å²) in [6.07, 6.45) is 2.53. The van der Waals surface area contributed by atoms with Crippen molar-refractivity contribution in [1.29, 1.82) is 0 Å². The van der Waals surface area contributed by atoms with E-state index in [4.69, 9.17) is 9.47 Å². The molecular weight excluding hydrogens is 442 g/mol. The van der Waals surface area contributed by atoms with E-state index in [0.29, 0.717) is 30.9 Å². The number of carbonyl (C=O) groups is 2. The Bertz CT molecular complexity index is 979. The second kappa shape index (κ2) is 12.1. The predicted octanol–water partition coefficient (Wildman–Crippen LogP) is 4.71. The van der Waals surface area contributed by atoms with Crippen molar-refractivity contribution in [2.45, 2.75) is 52.7 Å². The van der Waals surface area contributed by atoms with Crippen molar-refractivity contribution in [2.24, 2.45) is 5.41 Å². The van der Waals surface area contributed by atoms with Crippen LogP contribution in [0.25, 0.3) is 0 Å². The highest BCUT2D eigenvalue weighted by Gasteiger charge is 2.26. The minimum atomic E-state index is -0.238. The molecule has 0 radical (unpaired) electrons. The normalized spacial score (nSPS) is 15.5. The summed E-state index contributed by atoms with van der Waals surface area (Å²) < 4.78 is 11.4. The standard InChI is InChI=1S/C28H39N3O4/c1-28(2,3)17-27(33)31(19-24-12-9-15-34-24)18-21-16-22(13-14-25(21)30(4)5)29-26(32)20-35-23-10-7-6-8-11-23/h6-8,10-11,13-14,16,24H,9,12,15,17-20H2,1-5H3,(H,29,32)/t24-/m0/s1. The fraction of sp³-hybridized carbons (Fsp3) is 0.500. The van der Waals surface area contributed by atoms with Gasteiger partial charge in [-0.05, 0) is 54.2 Å². The number of anilines is 2. The van der Waals surface area contributed by atoms with Gasteiger partial charge in [-0.2, -0.15) is 0 Å². The maximum atomic E-state index is 13.3. The van der Waals surface area contributed by atoms with Gasteiger partial charge in [-0.15, -0.1) is 0 Å². The van der Waals surface area contributed by atoms with E-state index in [-0.39, 0.29) is 29.9 Å². The number of nitrogens with zero attached hydrogens (tertiary/aromatic N) is 2. The van der Waals surface area contributed by atoms with Crippen LogP contribution in [0.15, 0.2) is 48.5 Å². The third-order valence-corrected chi connectivity index (χ3v) is 5.80. The van der Waals surface area contributed by atoms with E-state index in [1.165, 1.54) is 0 Å². The highest BCUT2D eigenvalue weighted by Crippen LogP contribution is 2.27. The Kier molecular flexibility index (Phi) is 9.15. The zero-order valence-corrected chi connectivity index (χ0v) is 21.7. The summed E-state index contributed by atoms with van der Waals surface area (Å²) in [7, 11) is 3.96. The van der Waals surface area contributed by atoms with E-state index in [0.717, 1.165) is 30.7 Å². The Morgan fingerprint density at radius 2 is 1.86 bits per heavy atom. The number of hydrogen-bond donors (Lipinski definition) is 1.